The lowest BCUT2D eigenvalue weighted by Gasteiger charge is -2.34. The van der Waals surface area contributed by atoms with Gasteiger partial charge in [0.15, 0.2) is 5.69 Å². The standard InChI is InChI=1S/C14H20N4O3/c1-2-15-14(20)18-7-5-17(6-8-18)13(19)11-9-12(21-16-11)10-3-4-10/h9-10H,2-8H2,1H3,(H,15,20). The van der Waals surface area contributed by atoms with Crippen LogP contribution in [0.5, 0.6) is 0 Å². The van der Waals surface area contributed by atoms with Gasteiger partial charge < -0.3 is 19.6 Å². The van der Waals surface area contributed by atoms with Crippen LogP contribution in [0.1, 0.15) is 41.9 Å². The number of hydrogen-bond acceptors (Lipinski definition) is 4. The molecule has 2 fully saturated rings. The Hall–Kier alpha value is -2.05. The van der Waals surface area contributed by atoms with E-state index in [1.165, 1.54) is 0 Å². The van der Waals surface area contributed by atoms with Crippen LogP contribution in [0.2, 0.25) is 0 Å². The van der Waals surface area contributed by atoms with Crippen molar-refractivity contribution in [3.05, 3.63) is 17.5 Å². The third-order valence-corrected chi connectivity index (χ3v) is 3.91. The molecule has 1 aromatic heterocycles. The highest BCUT2D eigenvalue weighted by molar-refractivity contribution is 5.92. The molecule has 3 rings (SSSR count). The number of carbonyl (C=O) groups is 2. The average molecular weight is 292 g/mol. The molecular formula is C14H20N4O3. The van der Waals surface area contributed by atoms with Crippen LogP contribution in [0.3, 0.4) is 0 Å². The molecule has 114 valence electrons. The Morgan fingerprint density at radius 2 is 1.95 bits per heavy atom. The second-order valence-corrected chi connectivity index (χ2v) is 5.50. The number of amides is 3. The molecule has 0 atom stereocenters. The summed E-state index contributed by atoms with van der Waals surface area (Å²) < 4.78 is 5.22. The van der Waals surface area contributed by atoms with E-state index in [4.69, 9.17) is 4.52 Å². The van der Waals surface area contributed by atoms with Crippen LogP contribution in [-0.2, 0) is 0 Å². The zero-order valence-corrected chi connectivity index (χ0v) is 12.2. The first-order valence-corrected chi connectivity index (χ1v) is 7.47. The molecule has 2 aliphatic rings. The van der Waals surface area contributed by atoms with Gasteiger partial charge in [0.25, 0.3) is 5.91 Å². The lowest BCUT2D eigenvalue weighted by Crippen LogP contribution is -2.53. The monoisotopic (exact) mass is 292 g/mol. The summed E-state index contributed by atoms with van der Waals surface area (Å²) in [6.07, 6.45) is 2.24. The summed E-state index contributed by atoms with van der Waals surface area (Å²) in [4.78, 5) is 27.5. The van der Waals surface area contributed by atoms with Crippen molar-refractivity contribution in [3.8, 4) is 0 Å². The van der Waals surface area contributed by atoms with E-state index in [9.17, 15) is 9.59 Å². The lowest BCUT2D eigenvalue weighted by atomic mass is 10.2. The zero-order valence-electron chi connectivity index (χ0n) is 12.2. The number of carbonyl (C=O) groups excluding carboxylic acids is 2. The first-order chi connectivity index (χ1) is 10.2. The Bertz CT molecular complexity index is 530. The maximum Gasteiger partial charge on any atom is 0.317 e. The van der Waals surface area contributed by atoms with E-state index >= 15 is 0 Å². The Morgan fingerprint density at radius 1 is 1.29 bits per heavy atom. The molecule has 1 saturated heterocycles. The van der Waals surface area contributed by atoms with Crippen LogP contribution in [-0.4, -0.2) is 59.6 Å². The quantitative estimate of drug-likeness (QED) is 0.903. The van der Waals surface area contributed by atoms with Gasteiger partial charge in [0.05, 0.1) is 0 Å². The first-order valence-electron chi connectivity index (χ1n) is 7.47. The van der Waals surface area contributed by atoms with E-state index in [1.807, 2.05) is 6.92 Å². The number of piperazine rings is 1. The number of nitrogens with zero attached hydrogens (tertiary/aromatic N) is 3. The highest BCUT2D eigenvalue weighted by Gasteiger charge is 2.31. The Balaban J connectivity index is 1.55. The predicted octanol–water partition coefficient (Wildman–Crippen LogP) is 1.04. The van der Waals surface area contributed by atoms with Gasteiger partial charge in [0, 0.05) is 44.7 Å². The Morgan fingerprint density at radius 3 is 2.57 bits per heavy atom. The van der Waals surface area contributed by atoms with Gasteiger partial charge in [-0.1, -0.05) is 5.16 Å². The summed E-state index contributed by atoms with van der Waals surface area (Å²) >= 11 is 0. The van der Waals surface area contributed by atoms with E-state index in [0.29, 0.717) is 44.3 Å². The molecule has 0 unspecified atom stereocenters. The highest BCUT2D eigenvalue weighted by atomic mass is 16.5. The molecule has 1 aromatic rings. The Kier molecular flexibility index (Phi) is 3.81. The molecule has 1 aliphatic carbocycles. The third-order valence-electron chi connectivity index (χ3n) is 3.91. The number of hydrogen-bond donors (Lipinski definition) is 1. The van der Waals surface area contributed by atoms with Crippen molar-refractivity contribution in [1.82, 2.24) is 20.3 Å². The number of aromatic nitrogens is 1. The Labute approximate surface area is 123 Å². The maximum absolute atomic E-state index is 12.3. The number of rotatable bonds is 3. The summed E-state index contributed by atoms with van der Waals surface area (Å²) in [7, 11) is 0. The van der Waals surface area contributed by atoms with Crippen LogP contribution >= 0.6 is 0 Å². The van der Waals surface area contributed by atoms with Gasteiger partial charge in [-0.05, 0) is 19.8 Å². The molecule has 1 N–H and O–H groups in total. The highest BCUT2D eigenvalue weighted by Crippen LogP contribution is 2.40. The second-order valence-electron chi connectivity index (χ2n) is 5.50. The summed E-state index contributed by atoms with van der Waals surface area (Å²) in [5.41, 5.74) is 0.378. The van der Waals surface area contributed by atoms with Gasteiger partial charge in [0.1, 0.15) is 5.76 Å². The van der Waals surface area contributed by atoms with Crippen LogP contribution < -0.4 is 5.32 Å². The normalized spacial score (nSPS) is 18.7. The fourth-order valence-corrected chi connectivity index (χ4v) is 2.49. The molecular weight excluding hydrogens is 272 g/mol. The molecule has 0 bridgehead atoms. The molecule has 3 amide bonds. The third kappa shape index (κ3) is 3.01. The molecule has 0 radical (unpaired) electrons. The van der Waals surface area contributed by atoms with Gasteiger partial charge in [-0.15, -0.1) is 0 Å². The summed E-state index contributed by atoms with van der Waals surface area (Å²) in [5, 5.41) is 6.65. The SMILES string of the molecule is CCNC(=O)N1CCN(C(=O)c2cc(C3CC3)on2)CC1. The van der Waals surface area contributed by atoms with Crippen LogP contribution in [0.4, 0.5) is 4.79 Å². The van der Waals surface area contributed by atoms with Crippen molar-refractivity contribution in [1.29, 1.82) is 0 Å². The van der Waals surface area contributed by atoms with Gasteiger partial charge in [0.2, 0.25) is 0 Å². The van der Waals surface area contributed by atoms with E-state index in [0.717, 1.165) is 18.6 Å². The van der Waals surface area contributed by atoms with Gasteiger partial charge in [-0.3, -0.25) is 4.79 Å². The lowest BCUT2D eigenvalue weighted by molar-refractivity contribution is 0.0655. The molecule has 7 nitrogen and oxygen atoms in total. The fourth-order valence-electron chi connectivity index (χ4n) is 2.49. The van der Waals surface area contributed by atoms with Crippen LogP contribution in [0, 0.1) is 0 Å². The van der Waals surface area contributed by atoms with Crippen molar-refractivity contribution in [2.24, 2.45) is 0 Å². The van der Waals surface area contributed by atoms with Crippen LogP contribution in [0.15, 0.2) is 10.6 Å². The minimum absolute atomic E-state index is 0.0675. The predicted molar refractivity (Wildman–Crippen MR) is 75.0 cm³/mol. The molecule has 21 heavy (non-hydrogen) atoms. The number of urea groups is 1. The van der Waals surface area contributed by atoms with Crippen LogP contribution in [0.25, 0.3) is 0 Å². The summed E-state index contributed by atoms with van der Waals surface area (Å²) in [5.74, 6) is 1.16. The smallest absolute Gasteiger partial charge is 0.317 e. The van der Waals surface area contributed by atoms with Crippen molar-refractivity contribution in [2.45, 2.75) is 25.7 Å². The van der Waals surface area contributed by atoms with Crippen molar-refractivity contribution in [3.63, 3.8) is 0 Å². The molecule has 7 heteroatoms. The van der Waals surface area contributed by atoms with Crippen molar-refractivity contribution >= 4 is 11.9 Å². The maximum atomic E-state index is 12.3. The minimum atomic E-state index is -0.110. The minimum Gasteiger partial charge on any atom is -0.360 e. The number of nitrogens with one attached hydrogen (secondary N) is 1. The fraction of sp³-hybridized carbons (Fsp3) is 0.643. The molecule has 0 spiro atoms. The topological polar surface area (TPSA) is 78.7 Å². The molecule has 1 aliphatic heterocycles. The van der Waals surface area contributed by atoms with E-state index in [2.05, 4.69) is 10.5 Å². The summed E-state index contributed by atoms with van der Waals surface area (Å²) in [6.45, 7) is 4.65. The van der Waals surface area contributed by atoms with Crippen molar-refractivity contribution < 1.29 is 14.1 Å². The van der Waals surface area contributed by atoms with E-state index in [-0.39, 0.29) is 11.9 Å². The van der Waals surface area contributed by atoms with Crippen molar-refractivity contribution in [2.75, 3.05) is 32.7 Å². The average Bonchev–Trinajstić information content (AvgIpc) is 3.24. The van der Waals surface area contributed by atoms with E-state index in [1.54, 1.807) is 15.9 Å². The van der Waals surface area contributed by atoms with Gasteiger partial charge >= 0.3 is 6.03 Å². The second kappa shape index (κ2) is 5.75. The largest absolute Gasteiger partial charge is 0.360 e. The summed E-state index contributed by atoms with van der Waals surface area (Å²) in [6, 6.07) is 1.69. The van der Waals surface area contributed by atoms with Gasteiger partial charge in [-0.25, -0.2) is 4.79 Å². The molecule has 1 saturated carbocycles. The molecule has 2 heterocycles. The first kappa shape index (κ1) is 13.9. The van der Waals surface area contributed by atoms with E-state index < -0.39 is 0 Å². The zero-order chi connectivity index (χ0) is 14.8. The van der Waals surface area contributed by atoms with Gasteiger partial charge in [-0.2, -0.15) is 0 Å². The molecule has 0 aromatic carbocycles.